The molecule has 3 aromatic rings. The molecule has 0 aliphatic carbocycles. The summed E-state index contributed by atoms with van der Waals surface area (Å²) < 4.78 is 11.3. The molecule has 29 heavy (non-hydrogen) atoms. The molecular weight excluding hydrogens is 552 g/mol. The van der Waals surface area contributed by atoms with Gasteiger partial charge in [-0.3, -0.25) is 0 Å². The first-order chi connectivity index (χ1) is 13.6. The highest BCUT2D eigenvalue weighted by atomic mass is 35.5. The lowest BCUT2D eigenvalue weighted by Crippen LogP contribution is -1.93. The molecule has 0 aliphatic heterocycles. The highest BCUT2D eigenvalue weighted by Gasteiger charge is 2.20. The van der Waals surface area contributed by atoms with Crippen LogP contribution in [0.4, 0.5) is 0 Å². The summed E-state index contributed by atoms with van der Waals surface area (Å²) >= 11 is 47.9. The van der Waals surface area contributed by atoms with Crippen LogP contribution in [0.3, 0.4) is 0 Å². The topological polar surface area (TPSA) is 64.5 Å². The monoisotopic (exact) mass is 552 g/mol. The van der Waals surface area contributed by atoms with Crippen LogP contribution in [-0.4, -0.2) is 15.1 Å². The Kier molecular flexibility index (Phi) is 7.24. The predicted octanol–water partition coefficient (Wildman–Crippen LogP) is 8.99. The van der Waals surface area contributed by atoms with Crippen LogP contribution < -0.4 is 9.47 Å². The second kappa shape index (κ2) is 9.16. The van der Waals surface area contributed by atoms with Gasteiger partial charge in [-0.1, -0.05) is 92.8 Å². The quantitative estimate of drug-likeness (QED) is 0.325. The molecule has 1 N–H and O–H groups in total. The van der Waals surface area contributed by atoms with E-state index in [2.05, 4.69) is 9.97 Å². The first kappa shape index (κ1) is 22.9. The smallest absolute Gasteiger partial charge is 0.170 e. The number of rotatable bonds is 4. The van der Waals surface area contributed by atoms with Gasteiger partial charge in [0, 0.05) is 18.2 Å². The Morgan fingerprint density at radius 2 is 0.862 bits per heavy atom. The minimum absolute atomic E-state index is 0.0686. The van der Waals surface area contributed by atoms with Crippen LogP contribution in [0.5, 0.6) is 28.7 Å². The van der Waals surface area contributed by atoms with Crippen molar-refractivity contribution in [1.29, 1.82) is 0 Å². The summed E-state index contributed by atoms with van der Waals surface area (Å²) in [5.41, 5.74) is 0. The van der Waals surface area contributed by atoms with Gasteiger partial charge in [0.15, 0.2) is 32.1 Å². The summed E-state index contributed by atoms with van der Waals surface area (Å²) in [4.78, 5) is 7.51. The maximum atomic E-state index is 10.0. The number of benzene rings is 1. The van der Waals surface area contributed by atoms with E-state index in [0.717, 1.165) is 0 Å². The zero-order valence-corrected chi connectivity index (χ0v) is 19.5. The fraction of sp³-hybridized carbons (Fsp3) is 0. The van der Waals surface area contributed by atoms with E-state index in [9.17, 15) is 5.11 Å². The number of ether oxygens (including phenoxy) is 2. The average Bonchev–Trinajstić information content (AvgIpc) is 2.65. The lowest BCUT2D eigenvalue weighted by Gasteiger charge is -2.14. The van der Waals surface area contributed by atoms with Crippen molar-refractivity contribution in [1.82, 2.24) is 9.97 Å². The lowest BCUT2D eigenvalue weighted by atomic mass is 10.3. The van der Waals surface area contributed by atoms with E-state index >= 15 is 0 Å². The molecule has 0 radical (unpaired) electrons. The minimum Gasteiger partial charge on any atom is -0.508 e. The molecule has 0 unspecified atom stereocenters. The number of nitrogens with zero attached hydrogens (tertiary/aromatic N) is 2. The molecule has 0 spiro atoms. The number of hydrogen-bond donors (Lipinski definition) is 1. The molecule has 0 saturated heterocycles. The normalized spacial score (nSPS) is 10.9. The second-order valence-electron chi connectivity index (χ2n) is 5.17. The number of aromatic nitrogens is 2. The van der Waals surface area contributed by atoms with E-state index in [0.29, 0.717) is 0 Å². The first-order valence-electron chi connectivity index (χ1n) is 7.18. The van der Waals surface area contributed by atoms with Crippen LogP contribution in [0.25, 0.3) is 0 Å². The van der Waals surface area contributed by atoms with Gasteiger partial charge in [0.2, 0.25) is 0 Å². The van der Waals surface area contributed by atoms with Gasteiger partial charge in [-0.2, -0.15) is 0 Å². The Balaban J connectivity index is 2.01. The number of pyridine rings is 2. The minimum atomic E-state index is -0.227. The Hall–Kier alpha value is -0.760. The number of aromatic hydroxyl groups is 1. The third-order valence-electron chi connectivity index (χ3n) is 3.22. The Labute approximate surface area is 203 Å². The van der Waals surface area contributed by atoms with Gasteiger partial charge in [0.05, 0.1) is 0 Å². The van der Waals surface area contributed by atoms with Crippen LogP contribution in [0.2, 0.25) is 40.7 Å². The molecule has 0 fully saturated rings. The van der Waals surface area contributed by atoms with Crippen molar-refractivity contribution < 1.29 is 14.6 Å². The number of halogens is 8. The standard InChI is InChI=1S/C16H4Cl8N2O3/c17-7-11(8(18)14(22)25-13(7)21)28-5-1-4(27)2-6(3-5)29-12-9(19)15(23)26-16(24)10(12)20/h1-3,27H. The van der Waals surface area contributed by atoms with Crippen LogP contribution in [-0.2, 0) is 0 Å². The van der Waals surface area contributed by atoms with E-state index in [-0.39, 0.29) is 69.5 Å². The number of hydrogen-bond acceptors (Lipinski definition) is 5. The molecule has 0 amide bonds. The van der Waals surface area contributed by atoms with Crippen LogP contribution >= 0.6 is 92.8 Å². The summed E-state index contributed by atoms with van der Waals surface area (Å²) in [7, 11) is 0. The highest BCUT2D eigenvalue weighted by Crippen LogP contribution is 2.46. The largest absolute Gasteiger partial charge is 0.508 e. The van der Waals surface area contributed by atoms with Crippen molar-refractivity contribution in [3.63, 3.8) is 0 Å². The maximum absolute atomic E-state index is 10.0. The van der Waals surface area contributed by atoms with Gasteiger partial charge in [0.1, 0.15) is 37.3 Å². The highest BCUT2D eigenvalue weighted by molar-refractivity contribution is 6.48. The Morgan fingerprint density at radius 1 is 0.552 bits per heavy atom. The van der Waals surface area contributed by atoms with Crippen molar-refractivity contribution >= 4 is 92.8 Å². The fourth-order valence-corrected chi connectivity index (χ4v) is 3.59. The Bertz CT molecular complexity index is 990. The molecule has 0 bridgehead atoms. The van der Waals surface area contributed by atoms with Crippen LogP contribution in [0.15, 0.2) is 18.2 Å². The van der Waals surface area contributed by atoms with Gasteiger partial charge in [-0.15, -0.1) is 0 Å². The van der Waals surface area contributed by atoms with Crippen LogP contribution in [0, 0.1) is 0 Å². The molecule has 0 atom stereocenters. The van der Waals surface area contributed by atoms with Gasteiger partial charge in [-0.25, -0.2) is 9.97 Å². The average molecular weight is 556 g/mol. The fourth-order valence-electron chi connectivity index (χ4n) is 2.03. The lowest BCUT2D eigenvalue weighted by molar-refractivity contribution is 0.435. The zero-order chi connectivity index (χ0) is 21.5. The molecule has 0 saturated carbocycles. The van der Waals surface area contributed by atoms with Gasteiger partial charge in [-0.05, 0) is 0 Å². The second-order valence-corrected chi connectivity index (χ2v) is 8.11. The summed E-state index contributed by atoms with van der Waals surface area (Å²) in [5.74, 6) is -0.224. The summed E-state index contributed by atoms with van der Waals surface area (Å²) in [6.45, 7) is 0. The molecule has 2 aromatic heterocycles. The van der Waals surface area contributed by atoms with Crippen molar-refractivity contribution in [2.75, 3.05) is 0 Å². The van der Waals surface area contributed by atoms with E-state index in [1.807, 2.05) is 0 Å². The molecule has 1 aromatic carbocycles. The molecule has 0 aliphatic rings. The molecule has 13 heteroatoms. The molecule has 3 rings (SSSR count). The number of phenols is 1. The zero-order valence-electron chi connectivity index (χ0n) is 13.4. The van der Waals surface area contributed by atoms with E-state index < -0.39 is 0 Å². The molecule has 152 valence electrons. The van der Waals surface area contributed by atoms with Crippen molar-refractivity contribution in [3.8, 4) is 28.7 Å². The molecule has 2 heterocycles. The molecular formula is C16H4Cl8N2O3. The summed E-state index contributed by atoms with van der Waals surface area (Å²) in [5, 5.41) is 9.24. The van der Waals surface area contributed by atoms with Gasteiger partial charge >= 0.3 is 0 Å². The number of phenolic OH excluding ortho intramolecular Hbond substituents is 1. The van der Waals surface area contributed by atoms with Crippen molar-refractivity contribution in [2.24, 2.45) is 0 Å². The third kappa shape index (κ3) is 4.94. The maximum Gasteiger partial charge on any atom is 0.170 e. The molecule has 5 nitrogen and oxygen atoms in total. The first-order valence-corrected chi connectivity index (χ1v) is 10.2. The van der Waals surface area contributed by atoms with E-state index in [4.69, 9.17) is 102 Å². The summed E-state index contributed by atoms with van der Waals surface area (Å²) in [6.07, 6.45) is 0. The van der Waals surface area contributed by atoms with Crippen molar-refractivity contribution in [3.05, 3.63) is 58.9 Å². The predicted molar refractivity (Wildman–Crippen MR) is 117 cm³/mol. The summed E-state index contributed by atoms with van der Waals surface area (Å²) in [6, 6.07) is 3.90. The van der Waals surface area contributed by atoms with Gasteiger partial charge < -0.3 is 14.6 Å². The SMILES string of the molecule is Oc1cc(Oc2c(Cl)c(Cl)nc(Cl)c2Cl)cc(Oc2c(Cl)c(Cl)nc(Cl)c2Cl)c1. The van der Waals surface area contributed by atoms with Crippen LogP contribution in [0.1, 0.15) is 0 Å². The van der Waals surface area contributed by atoms with E-state index in [1.54, 1.807) is 0 Å². The van der Waals surface area contributed by atoms with Crippen molar-refractivity contribution in [2.45, 2.75) is 0 Å². The van der Waals surface area contributed by atoms with E-state index in [1.165, 1.54) is 18.2 Å². The Morgan fingerprint density at radius 3 is 1.17 bits per heavy atom. The van der Waals surface area contributed by atoms with Gasteiger partial charge in [0.25, 0.3) is 0 Å². The third-order valence-corrected chi connectivity index (χ3v) is 6.10.